The Labute approximate surface area is 129 Å². The topological polar surface area (TPSA) is 54.4 Å². The highest BCUT2D eigenvalue weighted by molar-refractivity contribution is 8.04. The highest BCUT2D eigenvalue weighted by Gasteiger charge is 2.18. The highest BCUT2D eigenvalue weighted by Crippen LogP contribution is 2.31. The van der Waals surface area contributed by atoms with Gasteiger partial charge in [-0.05, 0) is 30.4 Å². The zero-order chi connectivity index (χ0) is 15.4. The minimum Gasteiger partial charge on any atom is -0.481 e. The molecule has 0 saturated carbocycles. The number of hydrogen-bond donors (Lipinski definition) is 1. The molecule has 0 heterocycles. The van der Waals surface area contributed by atoms with Crippen LogP contribution in [0.15, 0.2) is 35.2 Å². The molecule has 2 rings (SSSR count). The van der Waals surface area contributed by atoms with Gasteiger partial charge in [-0.2, -0.15) is 0 Å². The summed E-state index contributed by atoms with van der Waals surface area (Å²) < 4.78 is 0. The van der Waals surface area contributed by atoms with E-state index in [2.05, 4.69) is 6.92 Å². The van der Waals surface area contributed by atoms with Gasteiger partial charge in [-0.3, -0.25) is 9.59 Å². The van der Waals surface area contributed by atoms with Crippen LogP contribution in [-0.4, -0.2) is 22.6 Å². The Hall–Kier alpha value is -1.55. The summed E-state index contributed by atoms with van der Waals surface area (Å²) in [4.78, 5) is 23.5. The monoisotopic (exact) mass is 304 g/mol. The van der Waals surface area contributed by atoms with Crippen molar-refractivity contribution in [1.82, 2.24) is 0 Å². The van der Waals surface area contributed by atoms with Crippen LogP contribution in [0.4, 0.5) is 0 Å². The van der Waals surface area contributed by atoms with Gasteiger partial charge in [0.15, 0.2) is 5.78 Å². The Morgan fingerprint density at radius 1 is 1.33 bits per heavy atom. The normalized spacial score (nSPS) is 17.4. The van der Waals surface area contributed by atoms with Crippen molar-refractivity contribution in [3.8, 4) is 0 Å². The number of hydrogen-bond acceptors (Lipinski definition) is 3. The molecule has 3 nitrogen and oxygen atoms in total. The van der Waals surface area contributed by atoms with Gasteiger partial charge in [-0.25, -0.2) is 0 Å². The van der Waals surface area contributed by atoms with E-state index < -0.39 is 11.9 Å². The number of Topliss-reactive ketones (excluding diaryl/α,β-unsaturated/α-hetero) is 1. The van der Waals surface area contributed by atoms with Gasteiger partial charge >= 0.3 is 5.97 Å². The molecule has 0 fully saturated rings. The van der Waals surface area contributed by atoms with Gasteiger partial charge in [0.1, 0.15) is 0 Å². The van der Waals surface area contributed by atoms with Crippen LogP contribution in [0, 0.1) is 0 Å². The van der Waals surface area contributed by atoms with E-state index in [9.17, 15) is 9.59 Å². The molecular formula is C17H20O3S. The second-order valence-corrected chi connectivity index (χ2v) is 6.53. The molecule has 0 radical (unpaired) electrons. The highest BCUT2D eigenvalue weighted by atomic mass is 32.2. The molecule has 21 heavy (non-hydrogen) atoms. The number of carbonyl (C=O) groups is 2. The average molecular weight is 304 g/mol. The molecule has 1 aliphatic rings. The summed E-state index contributed by atoms with van der Waals surface area (Å²) in [5.41, 5.74) is 1.95. The third kappa shape index (κ3) is 3.97. The zero-order valence-corrected chi connectivity index (χ0v) is 13.2. The lowest BCUT2D eigenvalue weighted by Crippen LogP contribution is -2.08. The third-order valence-corrected chi connectivity index (χ3v) is 5.19. The van der Waals surface area contributed by atoms with Gasteiger partial charge in [-0.15, -0.1) is 11.8 Å². The van der Waals surface area contributed by atoms with Gasteiger partial charge < -0.3 is 5.11 Å². The number of rotatable bonds is 6. The standard InChI is InChI=1S/C17H20O3S/c1-11(10-21-16-8-4-7-15(16)18)13-5-3-6-14(9-13)12(2)17(19)20/h3,5-6,8-9,11-12H,4,7,10H2,1-2H3,(H,19,20). The fourth-order valence-corrected chi connectivity index (χ4v) is 3.42. The van der Waals surface area contributed by atoms with Crippen molar-refractivity contribution in [2.24, 2.45) is 0 Å². The van der Waals surface area contributed by atoms with Crippen molar-refractivity contribution < 1.29 is 14.7 Å². The number of aliphatic carboxylic acids is 1. The molecule has 0 aliphatic heterocycles. The molecule has 2 unspecified atom stereocenters. The van der Waals surface area contributed by atoms with E-state index in [0.29, 0.717) is 6.42 Å². The molecule has 112 valence electrons. The maximum atomic E-state index is 11.6. The first-order valence-electron chi connectivity index (χ1n) is 7.18. The van der Waals surface area contributed by atoms with Crippen LogP contribution in [0.25, 0.3) is 0 Å². The van der Waals surface area contributed by atoms with Gasteiger partial charge in [-0.1, -0.05) is 37.3 Å². The molecule has 0 spiro atoms. The zero-order valence-electron chi connectivity index (χ0n) is 12.3. The average Bonchev–Trinajstić information content (AvgIpc) is 2.89. The van der Waals surface area contributed by atoms with Crippen LogP contribution in [0.5, 0.6) is 0 Å². The fraction of sp³-hybridized carbons (Fsp3) is 0.412. The number of ketones is 1. The van der Waals surface area contributed by atoms with Crippen LogP contribution in [0.2, 0.25) is 0 Å². The molecule has 2 atom stereocenters. The third-order valence-electron chi connectivity index (χ3n) is 3.81. The summed E-state index contributed by atoms with van der Waals surface area (Å²) in [5, 5.41) is 9.09. The minimum absolute atomic E-state index is 0.250. The molecule has 1 aromatic carbocycles. The summed E-state index contributed by atoms with van der Waals surface area (Å²) >= 11 is 1.61. The van der Waals surface area contributed by atoms with Crippen molar-refractivity contribution in [3.05, 3.63) is 46.4 Å². The second-order valence-electron chi connectivity index (χ2n) is 5.47. The molecule has 0 saturated heterocycles. The number of carbonyl (C=O) groups excluding carboxylic acids is 1. The van der Waals surface area contributed by atoms with Crippen LogP contribution in [0.1, 0.15) is 49.7 Å². The summed E-state index contributed by atoms with van der Waals surface area (Å²) in [6.07, 6.45) is 3.52. The first-order valence-corrected chi connectivity index (χ1v) is 8.16. The van der Waals surface area contributed by atoms with Crippen LogP contribution in [0.3, 0.4) is 0 Å². The van der Waals surface area contributed by atoms with E-state index in [4.69, 9.17) is 5.11 Å². The van der Waals surface area contributed by atoms with E-state index in [0.717, 1.165) is 28.2 Å². The minimum atomic E-state index is -0.809. The van der Waals surface area contributed by atoms with Crippen LogP contribution in [-0.2, 0) is 9.59 Å². The van der Waals surface area contributed by atoms with Crippen molar-refractivity contribution in [2.45, 2.75) is 38.5 Å². The maximum Gasteiger partial charge on any atom is 0.310 e. The molecule has 0 amide bonds. The van der Waals surface area contributed by atoms with Crippen molar-refractivity contribution >= 4 is 23.5 Å². The lowest BCUT2D eigenvalue weighted by atomic mass is 9.95. The van der Waals surface area contributed by atoms with E-state index in [1.807, 2.05) is 30.3 Å². The van der Waals surface area contributed by atoms with Gasteiger partial charge in [0.2, 0.25) is 0 Å². The molecule has 0 bridgehead atoms. The van der Waals surface area contributed by atoms with E-state index in [1.165, 1.54) is 0 Å². The molecule has 0 aromatic heterocycles. The molecule has 1 aliphatic carbocycles. The maximum absolute atomic E-state index is 11.6. The fourth-order valence-electron chi connectivity index (χ4n) is 2.30. The summed E-state index contributed by atoms with van der Waals surface area (Å²) in [6, 6.07) is 7.75. The SMILES string of the molecule is CC(CSC1=CCCC1=O)c1cccc(C(C)C(=O)O)c1. The van der Waals surface area contributed by atoms with Gasteiger partial charge in [0, 0.05) is 17.1 Å². The predicted molar refractivity (Wildman–Crippen MR) is 85.7 cm³/mol. The Morgan fingerprint density at radius 3 is 2.67 bits per heavy atom. The summed E-state index contributed by atoms with van der Waals surface area (Å²) in [5.74, 6) is 0.0631. The quantitative estimate of drug-likeness (QED) is 0.864. The van der Waals surface area contributed by atoms with Crippen molar-refractivity contribution in [3.63, 3.8) is 0 Å². The lowest BCUT2D eigenvalue weighted by molar-refractivity contribution is -0.138. The summed E-state index contributed by atoms with van der Waals surface area (Å²) in [7, 11) is 0. The smallest absolute Gasteiger partial charge is 0.310 e. The first-order chi connectivity index (χ1) is 9.99. The van der Waals surface area contributed by atoms with E-state index in [-0.39, 0.29) is 11.7 Å². The van der Waals surface area contributed by atoms with Gasteiger partial charge in [0.05, 0.1) is 5.92 Å². The number of benzene rings is 1. The first kappa shape index (κ1) is 15.8. The van der Waals surface area contributed by atoms with Crippen LogP contribution >= 0.6 is 11.8 Å². The number of allylic oxidation sites excluding steroid dienone is 2. The van der Waals surface area contributed by atoms with Crippen molar-refractivity contribution in [2.75, 3.05) is 5.75 Å². The Bertz CT molecular complexity index is 577. The largest absolute Gasteiger partial charge is 0.481 e. The molecule has 4 heteroatoms. The van der Waals surface area contributed by atoms with Gasteiger partial charge in [0.25, 0.3) is 0 Å². The lowest BCUT2D eigenvalue weighted by Gasteiger charge is -2.14. The number of carboxylic acid groups (broad SMARTS) is 1. The van der Waals surface area contributed by atoms with E-state index >= 15 is 0 Å². The number of thioether (sulfide) groups is 1. The summed E-state index contributed by atoms with van der Waals surface area (Å²) in [6.45, 7) is 3.81. The Morgan fingerprint density at radius 2 is 2.05 bits per heavy atom. The Kier molecular flexibility index (Phi) is 5.23. The second kappa shape index (κ2) is 6.94. The predicted octanol–water partition coefficient (Wildman–Crippen LogP) is 3.96. The number of carboxylic acids is 1. The van der Waals surface area contributed by atoms with Crippen molar-refractivity contribution in [1.29, 1.82) is 0 Å². The Balaban J connectivity index is 2.02. The molecular weight excluding hydrogens is 284 g/mol. The molecule has 1 N–H and O–H groups in total. The van der Waals surface area contributed by atoms with Crippen LogP contribution < -0.4 is 0 Å². The van der Waals surface area contributed by atoms with E-state index in [1.54, 1.807) is 18.7 Å². The molecule has 1 aromatic rings.